The van der Waals surface area contributed by atoms with Gasteiger partial charge in [-0.1, -0.05) is 36.4 Å². The summed E-state index contributed by atoms with van der Waals surface area (Å²) < 4.78 is 5.97. The summed E-state index contributed by atoms with van der Waals surface area (Å²) >= 11 is 0. The lowest BCUT2D eigenvalue weighted by molar-refractivity contribution is 0.458. The van der Waals surface area contributed by atoms with Crippen molar-refractivity contribution in [2.45, 2.75) is 5.66 Å². The van der Waals surface area contributed by atoms with Crippen LogP contribution in [0.4, 0.5) is 0 Å². The molecule has 3 rings (SSSR count). The maximum absolute atomic E-state index is 5.97. The van der Waals surface area contributed by atoms with Crippen LogP contribution in [0, 0.1) is 0 Å². The second kappa shape index (κ2) is 4.16. The van der Waals surface area contributed by atoms with Crippen LogP contribution in [0.2, 0.25) is 0 Å². The van der Waals surface area contributed by atoms with Crippen LogP contribution in [-0.2, 0) is 0 Å². The number of fused-ring (bicyclic) bond motifs is 2. The molecule has 0 fully saturated rings. The molecule has 1 aliphatic rings. The van der Waals surface area contributed by atoms with E-state index in [1.807, 2.05) is 12.1 Å². The quantitative estimate of drug-likeness (QED) is 0.663. The third-order valence-electron chi connectivity index (χ3n) is 3.16. The Hall–Kier alpha value is -1.33. The topological polar surface area (TPSA) is 9.23 Å². The van der Waals surface area contributed by atoms with Crippen molar-refractivity contribution in [1.82, 2.24) is 0 Å². The van der Waals surface area contributed by atoms with Gasteiger partial charge in [-0.15, -0.1) is 7.92 Å². The molecule has 0 atom stereocenters. The second-order valence-corrected chi connectivity index (χ2v) is 6.99. The van der Waals surface area contributed by atoms with Gasteiger partial charge in [0.1, 0.15) is 11.5 Å². The first-order valence-corrected chi connectivity index (χ1v) is 8.10. The van der Waals surface area contributed by atoms with E-state index in [0.29, 0.717) is 5.66 Å². The minimum atomic E-state index is -0.0718. The van der Waals surface area contributed by atoms with E-state index in [0.717, 1.165) is 11.5 Å². The molecule has 0 unspecified atom stereocenters. The fraction of sp³-hybridized carbons (Fsp3) is 0.200. The third-order valence-corrected chi connectivity index (χ3v) is 4.75. The smallest absolute Gasteiger partial charge is 0.131 e. The van der Waals surface area contributed by atoms with E-state index in [-0.39, 0.29) is 7.92 Å². The van der Waals surface area contributed by atoms with Crippen molar-refractivity contribution in [3.63, 3.8) is 0 Å². The molecule has 2 heteroatoms. The van der Waals surface area contributed by atoms with Gasteiger partial charge >= 0.3 is 0 Å². The number of hydrogen-bond acceptors (Lipinski definition) is 1. The summed E-state index contributed by atoms with van der Waals surface area (Å²) in [7, 11) is -0.0718. The highest BCUT2D eigenvalue weighted by Crippen LogP contribution is 2.57. The van der Waals surface area contributed by atoms with Crippen molar-refractivity contribution < 1.29 is 4.74 Å². The van der Waals surface area contributed by atoms with Gasteiger partial charge in [0.05, 0.1) is 0 Å². The van der Waals surface area contributed by atoms with E-state index in [9.17, 15) is 0 Å². The summed E-state index contributed by atoms with van der Waals surface area (Å²) in [5, 5.41) is 0. The molecule has 1 aliphatic heterocycles. The van der Waals surface area contributed by atoms with Gasteiger partial charge < -0.3 is 4.74 Å². The highest BCUT2D eigenvalue weighted by molar-refractivity contribution is 7.56. The lowest BCUT2D eigenvalue weighted by atomic mass is 10.00. The maximum atomic E-state index is 5.97. The fourth-order valence-corrected chi connectivity index (χ4v) is 3.98. The van der Waals surface area contributed by atoms with Crippen LogP contribution in [0.25, 0.3) is 0 Å². The molecule has 0 aliphatic carbocycles. The molecule has 17 heavy (non-hydrogen) atoms. The van der Waals surface area contributed by atoms with Crippen LogP contribution in [0.15, 0.2) is 48.5 Å². The molecule has 86 valence electrons. The van der Waals surface area contributed by atoms with Crippen LogP contribution < -0.4 is 4.74 Å². The Labute approximate surface area is 103 Å². The molecule has 2 aromatic carbocycles. The molecular weight excluding hydrogens is 227 g/mol. The largest absolute Gasteiger partial charge is 0.457 e. The lowest BCUT2D eigenvalue weighted by Crippen LogP contribution is -2.08. The van der Waals surface area contributed by atoms with Crippen LogP contribution in [0.5, 0.6) is 11.5 Å². The fourth-order valence-electron chi connectivity index (χ4n) is 2.44. The van der Waals surface area contributed by atoms with Crippen molar-refractivity contribution in [3.05, 3.63) is 59.7 Å². The first-order valence-electron chi connectivity index (χ1n) is 5.79. The number of para-hydroxylation sites is 2. The van der Waals surface area contributed by atoms with Crippen LogP contribution in [0.3, 0.4) is 0 Å². The van der Waals surface area contributed by atoms with Crippen molar-refractivity contribution in [2.75, 3.05) is 13.3 Å². The maximum Gasteiger partial charge on any atom is 0.131 e. The molecular formula is C15H15OP. The van der Waals surface area contributed by atoms with Crippen molar-refractivity contribution in [2.24, 2.45) is 0 Å². The summed E-state index contributed by atoms with van der Waals surface area (Å²) in [6.45, 7) is 4.66. The van der Waals surface area contributed by atoms with Gasteiger partial charge in [-0.25, -0.2) is 0 Å². The molecule has 0 spiro atoms. The monoisotopic (exact) mass is 242 g/mol. The molecule has 1 heterocycles. The van der Waals surface area contributed by atoms with Gasteiger partial charge in [-0.05, 0) is 25.5 Å². The van der Waals surface area contributed by atoms with Crippen molar-refractivity contribution >= 4 is 7.92 Å². The number of hydrogen-bond donors (Lipinski definition) is 0. The van der Waals surface area contributed by atoms with Crippen LogP contribution in [-0.4, -0.2) is 13.3 Å². The Kier molecular flexibility index (Phi) is 2.64. The minimum Gasteiger partial charge on any atom is -0.457 e. The Morgan fingerprint density at radius 1 is 0.824 bits per heavy atom. The second-order valence-electron chi connectivity index (χ2n) is 4.54. The molecule has 0 saturated carbocycles. The Morgan fingerprint density at radius 3 is 1.76 bits per heavy atom. The summed E-state index contributed by atoms with van der Waals surface area (Å²) in [6, 6.07) is 16.8. The van der Waals surface area contributed by atoms with E-state index in [1.165, 1.54) is 11.1 Å². The zero-order valence-corrected chi connectivity index (χ0v) is 10.9. The van der Waals surface area contributed by atoms with Gasteiger partial charge in [0.15, 0.2) is 0 Å². The van der Waals surface area contributed by atoms with Gasteiger partial charge in [0, 0.05) is 16.8 Å². The third kappa shape index (κ3) is 1.75. The van der Waals surface area contributed by atoms with Crippen molar-refractivity contribution in [3.8, 4) is 11.5 Å². The Balaban J connectivity index is 2.21. The molecule has 1 nitrogen and oxygen atoms in total. The van der Waals surface area contributed by atoms with Crippen molar-refractivity contribution in [1.29, 1.82) is 0 Å². The van der Waals surface area contributed by atoms with E-state index in [4.69, 9.17) is 4.74 Å². The summed E-state index contributed by atoms with van der Waals surface area (Å²) in [4.78, 5) is 0. The Bertz CT molecular complexity index is 503. The first-order chi connectivity index (χ1) is 8.27. The Morgan fingerprint density at radius 2 is 1.29 bits per heavy atom. The molecule has 0 saturated heterocycles. The van der Waals surface area contributed by atoms with Gasteiger partial charge in [0.2, 0.25) is 0 Å². The molecule has 0 aromatic heterocycles. The average Bonchev–Trinajstić information content (AvgIpc) is 2.35. The average molecular weight is 242 g/mol. The number of ether oxygens (including phenoxy) is 1. The summed E-state index contributed by atoms with van der Waals surface area (Å²) in [5.74, 6) is 2.04. The van der Waals surface area contributed by atoms with Gasteiger partial charge in [-0.3, -0.25) is 0 Å². The minimum absolute atomic E-state index is 0.0718. The zero-order chi connectivity index (χ0) is 11.8. The SMILES string of the molecule is CP(C)C1c2ccccc2Oc2ccccc21. The number of rotatable bonds is 1. The highest BCUT2D eigenvalue weighted by atomic mass is 31.1. The molecule has 0 bridgehead atoms. The van der Waals surface area contributed by atoms with Crippen LogP contribution in [0.1, 0.15) is 16.8 Å². The predicted molar refractivity (Wildman–Crippen MR) is 73.6 cm³/mol. The molecule has 0 N–H and O–H groups in total. The van der Waals surface area contributed by atoms with Crippen LogP contribution >= 0.6 is 7.92 Å². The molecule has 0 amide bonds. The predicted octanol–water partition coefficient (Wildman–Crippen LogP) is 4.62. The molecule has 2 aromatic rings. The summed E-state index contributed by atoms with van der Waals surface area (Å²) in [5.41, 5.74) is 3.18. The summed E-state index contributed by atoms with van der Waals surface area (Å²) in [6.07, 6.45) is 0. The van der Waals surface area contributed by atoms with Gasteiger partial charge in [0.25, 0.3) is 0 Å². The first kappa shape index (κ1) is 10.8. The van der Waals surface area contributed by atoms with E-state index in [2.05, 4.69) is 49.7 Å². The van der Waals surface area contributed by atoms with E-state index >= 15 is 0 Å². The van der Waals surface area contributed by atoms with E-state index in [1.54, 1.807) is 0 Å². The molecule has 0 radical (unpaired) electrons. The van der Waals surface area contributed by atoms with E-state index < -0.39 is 0 Å². The standard InChI is InChI=1S/C15H15OP/c1-17(2)15-11-7-3-5-9-13(11)16-14-10-6-4-8-12(14)15/h3-10,15H,1-2H3. The van der Waals surface area contributed by atoms with Gasteiger partial charge in [-0.2, -0.15) is 0 Å². The zero-order valence-electron chi connectivity index (χ0n) is 10.1. The number of benzene rings is 2. The highest BCUT2D eigenvalue weighted by Gasteiger charge is 2.28. The normalized spacial score (nSPS) is 14.1. The lowest BCUT2D eigenvalue weighted by Gasteiger charge is -2.30.